The molecule has 38 heavy (non-hydrogen) atoms. The molecule has 3 atom stereocenters. The molecule has 1 aromatic heterocycles. The lowest BCUT2D eigenvalue weighted by atomic mass is 9.70. The molecule has 15 heteroatoms. The Labute approximate surface area is 215 Å². The lowest BCUT2D eigenvalue weighted by molar-refractivity contribution is -0.192. The van der Waals surface area contributed by atoms with Crippen LogP contribution >= 0.6 is 0 Å². The van der Waals surface area contributed by atoms with Crippen LogP contribution in [-0.2, 0) is 25.8 Å². The number of carboxylic acid groups (broad SMARTS) is 1. The summed E-state index contributed by atoms with van der Waals surface area (Å²) in [6.45, 7) is 4.62. The zero-order valence-corrected chi connectivity index (χ0v) is 21.5. The number of hydrogen-bond donors (Lipinski definition) is 2. The number of anilines is 1. The number of ketones is 1. The van der Waals surface area contributed by atoms with Gasteiger partial charge in [0.15, 0.2) is 0 Å². The van der Waals surface area contributed by atoms with Gasteiger partial charge in [-0.05, 0) is 49.1 Å². The van der Waals surface area contributed by atoms with Gasteiger partial charge in [0.2, 0.25) is 10.0 Å². The van der Waals surface area contributed by atoms with Crippen molar-refractivity contribution in [3.8, 4) is 0 Å². The Bertz CT molecular complexity index is 1150. The quantitative estimate of drug-likeness (QED) is 0.504. The predicted molar refractivity (Wildman–Crippen MR) is 123 cm³/mol. The van der Waals surface area contributed by atoms with E-state index in [0.717, 1.165) is 18.7 Å². The van der Waals surface area contributed by atoms with Crippen molar-refractivity contribution in [2.24, 2.45) is 16.7 Å². The molecule has 2 aliphatic carbocycles. The SMILES string of the molecule is CC1(C)[C@H]2CC[C@@]1(CS(=O)(=O)N1CCCC(Nc3ccc(C(F)(F)F)cn3)C1)C(=O)C2.O=C(O)C(F)(F)F. The molecule has 0 radical (unpaired) electrons. The second kappa shape index (κ2) is 10.3. The molecule has 1 aliphatic heterocycles. The lowest BCUT2D eigenvalue weighted by Gasteiger charge is -2.39. The van der Waals surface area contributed by atoms with Crippen LogP contribution in [0.5, 0.6) is 0 Å². The van der Waals surface area contributed by atoms with Crippen molar-refractivity contribution in [3.05, 3.63) is 23.9 Å². The Hall–Kier alpha value is -2.42. The van der Waals surface area contributed by atoms with E-state index in [-0.39, 0.29) is 41.3 Å². The highest BCUT2D eigenvalue weighted by Gasteiger charge is 2.65. The zero-order chi connectivity index (χ0) is 28.7. The normalized spacial score (nSPS) is 27.5. The largest absolute Gasteiger partial charge is 0.490 e. The zero-order valence-electron chi connectivity index (χ0n) is 20.7. The molecular formula is C23H29F6N3O5S. The van der Waals surface area contributed by atoms with Crippen molar-refractivity contribution in [2.45, 2.75) is 64.3 Å². The summed E-state index contributed by atoms with van der Waals surface area (Å²) < 4.78 is 97.9. The second-order valence-electron chi connectivity index (χ2n) is 10.5. The molecular weight excluding hydrogens is 544 g/mol. The van der Waals surface area contributed by atoms with Gasteiger partial charge < -0.3 is 10.4 Å². The number of halogens is 6. The van der Waals surface area contributed by atoms with Crippen LogP contribution in [-0.4, -0.2) is 65.6 Å². The highest BCUT2D eigenvalue weighted by molar-refractivity contribution is 7.89. The minimum absolute atomic E-state index is 0.0676. The van der Waals surface area contributed by atoms with Crippen LogP contribution in [0.4, 0.5) is 32.2 Å². The first-order chi connectivity index (χ1) is 17.3. The third-order valence-corrected chi connectivity index (χ3v) is 10.0. The summed E-state index contributed by atoms with van der Waals surface area (Å²) in [5, 5.41) is 10.2. The fraction of sp³-hybridized carbons (Fsp3) is 0.696. The molecule has 2 N–H and O–H groups in total. The average molecular weight is 574 g/mol. The van der Waals surface area contributed by atoms with Crippen molar-refractivity contribution in [2.75, 3.05) is 24.2 Å². The molecule has 1 unspecified atom stereocenters. The minimum atomic E-state index is -5.08. The molecule has 3 aliphatic rings. The molecule has 3 fully saturated rings. The van der Waals surface area contributed by atoms with Crippen LogP contribution in [0.25, 0.3) is 0 Å². The highest BCUT2D eigenvalue weighted by Crippen LogP contribution is 2.64. The monoisotopic (exact) mass is 573 g/mol. The molecule has 1 aromatic rings. The van der Waals surface area contributed by atoms with E-state index in [4.69, 9.17) is 9.90 Å². The number of hydrogen-bond acceptors (Lipinski definition) is 6. The summed E-state index contributed by atoms with van der Waals surface area (Å²) in [6, 6.07) is 1.96. The van der Waals surface area contributed by atoms with Crippen LogP contribution in [0.15, 0.2) is 18.3 Å². The molecule has 1 saturated heterocycles. The number of nitrogens with one attached hydrogen (secondary N) is 1. The number of Topliss-reactive ketones (excluding diaryl/α,β-unsaturated/α-hetero) is 1. The smallest absolute Gasteiger partial charge is 0.475 e. The fourth-order valence-corrected chi connectivity index (χ4v) is 7.98. The van der Waals surface area contributed by atoms with Gasteiger partial charge in [0.25, 0.3) is 0 Å². The van der Waals surface area contributed by atoms with Crippen LogP contribution in [0.1, 0.15) is 51.5 Å². The number of fused-ring (bicyclic) bond motifs is 2. The van der Waals surface area contributed by atoms with E-state index in [1.165, 1.54) is 10.4 Å². The third kappa shape index (κ3) is 6.08. The summed E-state index contributed by atoms with van der Waals surface area (Å²) in [4.78, 5) is 25.5. The first-order valence-electron chi connectivity index (χ1n) is 11.9. The van der Waals surface area contributed by atoms with E-state index in [2.05, 4.69) is 10.3 Å². The van der Waals surface area contributed by atoms with Gasteiger partial charge >= 0.3 is 18.3 Å². The number of pyridine rings is 1. The Morgan fingerprint density at radius 2 is 1.82 bits per heavy atom. The van der Waals surface area contributed by atoms with E-state index >= 15 is 0 Å². The second-order valence-corrected chi connectivity index (χ2v) is 12.5. The highest BCUT2D eigenvalue weighted by atomic mass is 32.2. The summed E-state index contributed by atoms with van der Waals surface area (Å²) in [6.07, 6.45) is -5.48. The maximum Gasteiger partial charge on any atom is 0.490 e. The van der Waals surface area contributed by atoms with Crippen molar-refractivity contribution in [1.82, 2.24) is 9.29 Å². The first-order valence-corrected chi connectivity index (χ1v) is 13.5. The van der Waals surface area contributed by atoms with E-state index in [1.54, 1.807) is 0 Å². The molecule has 0 amide bonds. The number of carboxylic acids is 1. The Kier molecular flexibility index (Phi) is 8.15. The average Bonchev–Trinajstić information content (AvgIpc) is 3.13. The summed E-state index contributed by atoms with van der Waals surface area (Å²) >= 11 is 0. The summed E-state index contributed by atoms with van der Waals surface area (Å²) in [5.74, 6) is -2.32. The predicted octanol–water partition coefficient (Wildman–Crippen LogP) is 4.34. The summed E-state index contributed by atoms with van der Waals surface area (Å²) in [7, 11) is -3.66. The number of carbonyl (C=O) groups is 2. The number of aliphatic carboxylic acids is 1. The minimum Gasteiger partial charge on any atom is -0.475 e. The maximum absolute atomic E-state index is 13.3. The lowest BCUT2D eigenvalue weighted by Crippen LogP contribution is -2.50. The fourth-order valence-electron chi connectivity index (χ4n) is 5.68. The van der Waals surface area contributed by atoms with Gasteiger partial charge in [-0.2, -0.15) is 30.6 Å². The third-order valence-electron chi connectivity index (χ3n) is 8.03. The maximum atomic E-state index is 13.3. The van der Waals surface area contributed by atoms with E-state index < -0.39 is 39.3 Å². The molecule has 2 heterocycles. The van der Waals surface area contributed by atoms with Crippen molar-refractivity contribution in [1.29, 1.82) is 0 Å². The number of carbonyl (C=O) groups excluding carboxylic acids is 1. The Morgan fingerprint density at radius 3 is 2.26 bits per heavy atom. The summed E-state index contributed by atoms with van der Waals surface area (Å²) in [5.41, 5.74) is -1.97. The standard InChI is InChI=1S/C21H28F3N3O3S.C2HF3O2/c1-19(2)14-7-8-20(19,17(28)10-14)13-31(29,30)27-9-3-4-16(12-27)26-18-6-5-15(11-25-18)21(22,23)24;3-2(4,5)1(6)7/h5-6,11,14,16H,3-4,7-10,12-13H2,1-2H3,(H,25,26);(H,6,7)/t14-,16?,20+;/m0./s1. The van der Waals surface area contributed by atoms with Gasteiger partial charge in [0, 0.05) is 37.2 Å². The Balaban J connectivity index is 0.000000505. The number of alkyl halides is 6. The van der Waals surface area contributed by atoms with Crippen LogP contribution in [0.3, 0.4) is 0 Å². The van der Waals surface area contributed by atoms with Gasteiger partial charge in [-0.15, -0.1) is 0 Å². The molecule has 0 spiro atoms. The topological polar surface area (TPSA) is 117 Å². The molecule has 0 aromatic carbocycles. The molecule has 8 nitrogen and oxygen atoms in total. The van der Waals surface area contributed by atoms with Crippen LogP contribution in [0, 0.1) is 16.7 Å². The Morgan fingerprint density at radius 1 is 1.18 bits per heavy atom. The van der Waals surface area contributed by atoms with Crippen molar-refractivity contribution >= 4 is 27.6 Å². The van der Waals surface area contributed by atoms with Gasteiger partial charge in [0.1, 0.15) is 11.6 Å². The van der Waals surface area contributed by atoms with Crippen molar-refractivity contribution < 1.29 is 49.5 Å². The molecule has 214 valence electrons. The number of aromatic nitrogens is 1. The number of piperidine rings is 1. The number of sulfonamides is 1. The molecule has 4 rings (SSSR count). The van der Waals surface area contributed by atoms with Crippen LogP contribution < -0.4 is 5.32 Å². The first kappa shape index (κ1) is 30.1. The van der Waals surface area contributed by atoms with Gasteiger partial charge in [-0.3, -0.25) is 4.79 Å². The van der Waals surface area contributed by atoms with E-state index in [9.17, 15) is 39.6 Å². The molecule has 2 bridgehead atoms. The van der Waals surface area contributed by atoms with E-state index in [0.29, 0.717) is 32.2 Å². The number of rotatable bonds is 5. The van der Waals surface area contributed by atoms with Gasteiger partial charge in [0.05, 0.1) is 11.3 Å². The molecule has 2 saturated carbocycles. The van der Waals surface area contributed by atoms with Crippen molar-refractivity contribution in [3.63, 3.8) is 0 Å². The number of nitrogens with zero attached hydrogens (tertiary/aromatic N) is 2. The van der Waals surface area contributed by atoms with Gasteiger partial charge in [-0.1, -0.05) is 13.8 Å². The van der Waals surface area contributed by atoms with E-state index in [1.807, 2.05) is 13.8 Å². The van der Waals surface area contributed by atoms with Crippen LogP contribution in [0.2, 0.25) is 0 Å². The van der Waals surface area contributed by atoms with Gasteiger partial charge in [-0.25, -0.2) is 18.2 Å².